The van der Waals surface area contributed by atoms with Gasteiger partial charge in [-0.3, -0.25) is 4.79 Å². The lowest BCUT2D eigenvalue weighted by atomic mass is 10.1. The van der Waals surface area contributed by atoms with Crippen molar-refractivity contribution in [3.05, 3.63) is 52.7 Å². The van der Waals surface area contributed by atoms with Gasteiger partial charge in [-0.15, -0.1) is 0 Å². The smallest absolute Gasteiger partial charge is 0.280 e. The normalized spacial score (nSPS) is 10.7. The van der Waals surface area contributed by atoms with Crippen molar-refractivity contribution < 1.29 is 14.3 Å². The number of carbonyl (C=O) groups is 1. The number of carbonyl (C=O) groups excluding carboxylic acids is 1. The minimum atomic E-state index is -0.394. The fraction of sp³-hybridized carbons (Fsp3) is 0.286. The topological polar surface area (TPSA) is 73.3 Å². The molecule has 6 heteroatoms. The van der Waals surface area contributed by atoms with Crippen molar-refractivity contribution in [2.45, 2.75) is 27.7 Å². The molecular weight excluding hydrogens is 342 g/mol. The molecule has 0 atom stereocenters. The largest absolute Gasteiger partial charge is 0.495 e. The van der Waals surface area contributed by atoms with Gasteiger partial charge in [-0.1, -0.05) is 6.07 Å². The van der Waals surface area contributed by atoms with E-state index in [1.807, 2.05) is 58.0 Å². The third-order valence-electron chi connectivity index (χ3n) is 4.35. The Hall–Kier alpha value is -3.15. The number of rotatable bonds is 5. The van der Waals surface area contributed by atoms with Crippen LogP contribution in [0.25, 0.3) is 11.0 Å². The summed E-state index contributed by atoms with van der Waals surface area (Å²) < 4.78 is 10.9. The van der Waals surface area contributed by atoms with E-state index in [-0.39, 0.29) is 11.6 Å². The van der Waals surface area contributed by atoms with Crippen LogP contribution in [0.4, 0.5) is 5.69 Å². The summed E-state index contributed by atoms with van der Waals surface area (Å²) in [5.74, 6) is 0.402. The number of methoxy groups -OCH3 is 1. The zero-order chi connectivity index (χ0) is 19.6. The second-order valence-corrected chi connectivity index (χ2v) is 6.39. The Labute approximate surface area is 158 Å². The molecule has 1 N–H and O–H groups in total. The van der Waals surface area contributed by atoms with E-state index in [2.05, 4.69) is 15.3 Å². The average molecular weight is 365 g/mol. The molecular formula is C21H23N3O3. The minimum absolute atomic E-state index is 0.149. The van der Waals surface area contributed by atoms with Crippen molar-refractivity contribution in [1.82, 2.24) is 9.97 Å². The first-order valence-corrected chi connectivity index (χ1v) is 8.80. The number of amides is 1. The number of ether oxygens (including phenoxy) is 2. The lowest BCUT2D eigenvalue weighted by molar-refractivity contribution is 0.101. The summed E-state index contributed by atoms with van der Waals surface area (Å²) in [6.07, 6.45) is 0. The molecule has 0 aliphatic carbocycles. The van der Waals surface area contributed by atoms with Crippen LogP contribution in [-0.2, 0) is 0 Å². The number of hydrogen-bond acceptors (Lipinski definition) is 5. The third kappa shape index (κ3) is 3.84. The number of aromatic nitrogens is 2. The molecule has 0 radical (unpaired) electrons. The average Bonchev–Trinajstić information content (AvgIpc) is 2.63. The molecule has 2 aromatic carbocycles. The zero-order valence-corrected chi connectivity index (χ0v) is 16.2. The molecule has 0 saturated heterocycles. The molecule has 6 nitrogen and oxygen atoms in total. The molecule has 0 unspecified atom stereocenters. The first-order chi connectivity index (χ1) is 12.9. The molecule has 0 fully saturated rings. The SMILES string of the molecule is CCOc1nc2cc(C)c(C)cc2nc1C(=O)Nc1cc(C)ccc1OC. The Kier molecular flexibility index (Phi) is 5.26. The van der Waals surface area contributed by atoms with Gasteiger partial charge in [-0.05, 0) is 68.7 Å². The Morgan fingerprint density at radius 3 is 2.33 bits per heavy atom. The summed E-state index contributed by atoms with van der Waals surface area (Å²) >= 11 is 0. The molecule has 27 heavy (non-hydrogen) atoms. The number of fused-ring (bicyclic) bond motifs is 1. The number of hydrogen-bond donors (Lipinski definition) is 1. The zero-order valence-electron chi connectivity index (χ0n) is 16.2. The highest BCUT2D eigenvalue weighted by Crippen LogP contribution is 2.27. The van der Waals surface area contributed by atoms with Crippen LogP contribution in [0.2, 0.25) is 0 Å². The number of nitrogens with zero attached hydrogens (tertiary/aromatic N) is 2. The van der Waals surface area contributed by atoms with Crippen molar-refractivity contribution in [3.63, 3.8) is 0 Å². The third-order valence-corrected chi connectivity index (χ3v) is 4.35. The van der Waals surface area contributed by atoms with Crippen molar-refractivity contribution in [2.75, 3.05) is 19.0 Å². The highest BCUT2D eigenvalue weighted by atomic mass is 16.5. The van der Waals surface area contributed by atoms with Gasteiger partial charge in [0.1, 0.15) is 5.75 Å². The first kappa shape index (κ1) is 18.6. The Morgan fingerprint density at radius 2 is 1.70 bits per heavy atom. The highest BCUT2D eigenvalue weighted by molar-refractivity contribution is 6.06. The Bertz CT molecular complexity index is 1020. The molecule has 1 amide bonds. The van der Waals surface area contributed by atoms with E-state index in [1.165, 1.54) is 0 Å². The van der Waals surface area contributed by atoms with Gasteiger partial charge >= 0.3 is 0 Å². The van der Waals surface area contributed by atoms with Crippen molar-refractivity contribution in [3.8, 4) is 11.6 Å². The van der Waals surface area contributed by atoms with Gasteiger partial charge in [-0.25, -0.2) is 9.97 Å². The minimum Gasteiger partial charge on any atom is -0.495 e. The van der Waals surface area contributed by atoms with E-state index in [0.717, 1.165) is 16.7 Å². The molecule has 3 aromatic rings. The predicted octanol–water partition coefficient (Wildman–Crippen LogP) is 4.21. The van der Waals surface area contributed by atoms with Gasteiger partial charge in [0.25, 0.3) is 5.91 Å². The van der Waals surface area contributed by atoms with Crippen molar-refractivity contribution >= 4 is 22.6 Å². The van der Waals surface area contributed by atoms with Gasteiger partial charge in [0.2, 0.25) is 5.88 Å². The molecule has 1 aromatic heterocycles. The number of nitrogens with one attached hydrogen (secondary N) is 1. The molecule has 140 valence electrons. The summed E-state index contributed by atoms with van der Waals surface area (Å²) in [5.41, 5.74) is 5.29. The number of aryl methyl sites for hydroxylation is 3. The van der Waals surface area contributed by atoms with E-state index in [0.29, 0.717) is 29.1 Å². The molecule has 0 aliphatic heterocycles. The summed E-state index contributed by atoms with van der Waals surface area (Å²) in [5, 5.41) is 2.86. The maximum Gasteiger partial charge on any atom is 0.280 e. The van der Waals surface area contributed by atoms with Crippen molar-refractivity contribution in [1.29, 1.82) is 0 Å². The van der Waals surface area contributed by atoms with Gasteiger partial charge in [0.05, 0.1) is 30.4 Å². The number of anilines is 1. The van der Waals surface area contributed by atoms with Gasteiger partial charge in [-0.2, -0.15) is 0 Å². The summed E-state index contributed by atoms with van der Waals surface area (Å²) in [6, 6.07) is 9.45. The van der Waals surface area contributed by atoms with Gasteiger partial charge in [0, 0.05) is 0 Å². The maximum atomic E-state index is 12.9. The van der Waals surface area contributed by atoms with Crippen LogP contribution in [-0.4, -0.2) is 29.6 Å². The molecule has 0 spiro atoms. The fourth-order valence-corrected chi connectivity index (χ4v) is 2.78. The summed E-state index contributed by atoms with van der Waals surface area (Å²) in [7, 11) is 1.56. The second kappa shape index (κ2) is 7.61. The molecule has 0 aliphatic rings. The van der Waals surface area contributed by atoms with E-state index >= 15 is 0 Å². The lowest BCUT2D eigenvalue weighted by Crippen LogP contribution is -2.17. The lowest BCUT2D eigenvalue weighted by Gasteiger charge is -2.13. The molecule has 0 saturated carbocycles. The molecule has 0 bridgehead atoms. The van der Waals surface area contributed by atoms with Gasteiger partial charge in [0.15, 0.2) is 5.69 Å². The fourth-order valence-electron chi connectivity index (χ4n) is 2.78. The Balaban J connectivity index is 2.06. The summed E-state index contributed by atoms with van der Waals surface area (Å²) in [4.78, 5) is 22.0. The van der Waals surface area contributed by atoms with E-state index in [4.69, 9.17) is 9.47 Å². The summed E-state index contributed by atoms with van der Waals surface area (Å²) in [6.45, 7) is 8.20. The van der Waals surface area contributed by atoms with Crippen LogP contribution in [0.3, 0.4) is 0 Å². The van der Waals surface area contributed by atoms with E-state index in [1.54, 1.807) is 7.11 Å². The molecule has 1 heterocycles. The standard InChI is InChI=1S/C21H23N3O3/c1-6-27-21-19(22-15-10-13(3)14(4)11-16(15)24-21)20(25)23-17-9-12(2)7-8-18(17)26-5/h7-11H,6H2,1-5H3,(H,23,25). The van der Waals surface area contributed by atoms with Crippen molar-refractivity contribution in [2.24, 2.45) is 0 Å². The predicted molar refractivity (Wildman–Crippen MR) is 106 cm³/mol. The molecule has 3 rings (SSSR count). The second-order valence-electron chi connectivity index (χ2n) is 6.39. The quantitative estimate of drug-likeness (QED) is 0.733. The van der Waals surface area contributed by atoms with Crippen LogP contribution in [0, 0.1) is 20.8 Å². The van der Waals surface area contributed by atoms with Crippen LogP contribution in [0.15, 0.2) is 30.3 Å². The van der Waals surface area contributed by atoms with Crippen LogP contribution < -0.4 is 14.8 Å². The highest BCUT2D eigenvalue weighted by Gasteiger charge is 2.20. The number of benzene rings is 2. The van der Waals surface area contributed by atoms with E-state index < -0.39 is 5.91 Å². The van der Waals surface area contributed by atoms with Crippen LogP contribution in [0.5, 0.6) is 11.6 Å². The monoisotopic (exact) mass is 365 g/mol. The van der Waals surface area contributed by atoms with E-state index in [9.17, 15) is 4.79 Å². The maximum absolute atomic E-state index is 12.9. The van der Waals surface area contributed by atoms with Gasteiger partial charge < -0.3 is 14.8 Å². The first-order valence-electron chi connectivity index (χ1n) is 8.80. The van der Waals surface area contributed by atoms with Crippen LogP contribution in [0.1, 0.15) is 34.1 Å². The van der Waals surface area contributed by atoms with Crippen LogP contribution >= 0.6 is 0 Å². The Morgan fingerprint density at radius 1 is 1.04 bits per heavy atom.